The van der Waals surface area contributed by atoms with Crippen LogP contribution in [0.3, 0.4) is 0 Å². The van der Waals surface area contributed by atoms with Crippen molar-refractivity contribution >= 4 is 5.97 Å². The summed E-state index contributed by atoms with van der Waals surface area (Å²) in [4.78, 5) is 11.3. The fourth-order valence-corrected chi connectivity index (χ4v) is 1.80. The highest BCUT2D eigenvalue weighted by molar-refractivity contribution is 5.74. The van der Waals surface area contributed by atoms with Crippen LogP contribution in [0.4, 0.5) is 0 Å². The topological polar surface area (TPSA) is 67.2 Å². The molecule has 0 saturated carbocycles. The van der Waals surface area contributed by atoms with Gasteiger partial charge >= 0.3 is 5.97 Å². The summed E-state index contributed by atoms with van der Waals surface area (Å²) in [6.07, 6.45) is 1.59. The molecule has 2 N–H and O–H groups in total. The van der Waals surface area contributed by atoms with Crippen molar-refractivity contribution in [1.29, 1.82) is 0 Å². The maximum absolute atomic E-state index is 11.3. The molecule has 0 bridgehead atoms. The number of aromatic nitrogens is 2. The molecule has 5 heteroatoms. The standard InChI is InChI=1S/C13H15N3O2/c1-16-11(7-8-15-16)12(13(17)18)14-9-10-5-3-2-4-6-10/h2-8,12,14H,9H2,1H3,(H,17,18)/t12-/m1/s1. The van der Waals surface area contributed by atoms with E-state index < -0.39 is 12.0 Å². The molecule has 0 fully saturated rings. The van der Waals surface area contributed by atoms with Gasteiger partial charge in [-0.1, -0.05) is 30.3 Å². The molecule has 0 amide bonds. The summed E-state index contributed by atoms with van der Waals surface area (Å²) in [7, 11) is 1.73. The lowest BCUT2D eigenvalue weighted by Crippen LogP contribution is -2.29. The van der Waals surface area contributed by atoms with Crippen LogP contribution in [0.2, 0.25) is 0 Å². The number of carboxylic acid groups (broad SMARTS) is 1. The molecule has 1 atom stereocenters. The average molecular weight is 245 g/mol. The van der Waals surface area contributed by atoms with Crippen LogP contribution in [-0.4, -0.2) is 20.9 Å². The number of hydrogen-bond donors (Lipinski definition) is 2. The average Bonchev–Trinajstić information content (AvgIpc) is 2.77. The van der Waals surface area contributed by atoms with Gasteiger partial charge in [-0.05, 0) is 11.6 Å². The molecule has 1 aromatic heterocycles. The number of benzene rings is 1. The van der Waals surface area contributed by atoms with E-state index in [0.717, 1.165) is 5.56 Å². The molecule has 2 aromatic rings. The van der Waals surface area contributed by atoms with Crippen molar-refractivity contribution < 1.29 is 9.90 Å². The Morgan fingerprint density at radius 3 is 2.67 bits per heavy atom. The van der Waals surface area contributed by atoms with Crippen molar-refractivity contribution in [2.75, 3.05) is 0 Å². The molecule has 2 rings (SSSR count). The first-order valence-electron chi connectivity index (χ1n) is 5.66. The number of carbonyl (C=O) groups is 1. The van der Waals surface area contributed by atoms with Crippen LogP contribution in [0.25, 0.3) is 0 Å². The van der Waals surface area contributed by atoms with Crippen LogP contribution < -0.4 is 5.32 Å². The predicted molar refractivity (Wildman–Crippen MR) is 66.9 cm³/mol. The van der Waals surface area contributed by atoms with Crippen LogP contribution in [-0.2, 0) is 18.4 Å². The minimum absolute atomic E-state index is 0.503. The number of carboxylic acids is 1. The second kappa shape index (κ2) is 5.46. The second-order valence-electron chi connectivity index (χ2n) is 4.02. The van der Waals surface area contributed by atoms with Crippen molar-refractivity contribution in [2.24, 2.45) is 7.05 Å². The monoisotopic (exact) mass is 245 g/mol. The lowest BCUT2D eigenvalue weighted by atomic mass is 10.1. The van der Waals surface area contributed by atoms with E-state index in [1.807, 2.05) is 30.3 Å². The third-order valence-corrected chi connectivity index (χ3v) is 2.75. The third-order valence-electron chi connectivity index (χ3n) is 2.75. The lowest BCUT2D eigenvalue weighted by Gasteiger charge is -2.14. The van der Waals surface area contributed by atoms with Crippen molar-refractivity contribution in [1.82, 2.24) is 15.1 Å². The highest BCUT2D eigenvalue weighted by atomic mass is 16.4. The highest BCUT2D eigenvalue weighted by Gasteiger charge is 2.21. The van der Waals surface area contributed by atoms with Crippen LogP contribution in [0, 0.1) is 0 Å². The lowest BCUT2D eigenvalue weighted by molar-refractivity contribution is -0.139. The van der Waals surface area contributed by atoms with Gasteiger partial charge < -0.3 is 5.11 Å². The van der Waals surface area contributed by atoms with Crippen LogP contribution in [0.1, 0.15) is 17.3 Å². The summed E-state index contributed by atoms with van der Waals surface area (Å²) in [5, 5.41) is 16.3. The van der Waals surface area contributed by atoms with Gasteiger partial charge in [-0.15, -0.1) is 0 Å². The van der Waals surface area contributed by atoms with Gasteiger partial charge in [0.25, 0.3) is 0 Å². The Bertz CT molecular complexity index is 522. The summed E-state index contributed by atoms with van der Waals surface area (Å²) in [6.45, 7) is 0.503. The summed E-state index contributed by atoms with van der Waals surface area (Å²) in [5.41, 5.74) is 1.68. The first-order chi connectivity index (χ1) is 8.68. The van der Waals surface area contributed by atoms with E-state index in [1.54, 1.807) is 24.0 Å². The second-order valence-corrected chi connectivity index (χ2v) is 4.02. The summed E-state index contributed by atoms with van der Waals surface area (Å²) in [6, 6.07) is 10.6. The van der Waals surface area contributed by atoms with Crippen LogP contribution in [0.5, 0.6) is 0 Å². The number of aryl methyl sites for hydroxylation is 1. The summed E-state index contributed by atoms with van der Waals surface area (Å²) in [5.74, 6) is -0.908. The normalized spacial score (nSPS) is 12.3. The first kappa shape index (κ1) is 12.3. The molecule has 0 saturated heterocycles. The molecular formula is C13H15N3O2. The van der Waals surface area contributed by atoms with Gasteiger partial charge in [0.05, 0.1) is 5.69 Å². The Kier molecular flexibility index (Phi) is 3.74. The molecule has 1 heterocycles. The van der Waals surface area contributed by atoms with Crippen molar-refractivity contribution in [3.63, 3.8) is 0 Å². The van der Waals surface area contributed by atoms with Crippen molar-refractivity contribution in [3.8, 4) is 0 Å². The first-order valence-corrected chi connectivity index (χ1v) is 5.66. The molecule has 1 aromatic carbocycles. The summed E-state index contributed by atoms with van der Waals surface area (Å²) >= 11 is 0. The van der Waals surface area contributed by atoms with E-state index in [0.29, 0.717) is 12.2 Å². The highest BCUT2D eigenvalue weighted by Crippen LogP contribution is 2.12. The third kappa shape index (κ3) is 2.75. The van der Waals surface area contributed by atoms with Gasteiger partial charge in [-0.25, -0.2) is 0 Å². The smallest absolute Gasteiger partial charge is 0.326 e. The van der Waals surface area contributed by atoms with Gasteiger partial charge in [-0.2, -0.15) is 5.10 Å². The van der Waals surface area contributed by atoms with Gasteiger partial charge in [-0.3, -0.25) is 14.8 Å². The zero-order chi connectivity index (χ0) is 13.0. The largest absolute Gasteiger partial charge is 0.480 e. The Morgan fingerprint density at radius 2 is 2.11 bits per heavy atom. The van der Waals surface area contributed by atoms with E-state index in [4.69, 9.17) is 0 Å². The Morgan fingerprint density at radius 1 is 1.39 bits per heavy atom. The Balaban J connectivity index is 2.09. The predicted octanol–water partition coefficient (Wildman–Crippen LogP) is 1.34. The molecule has 0 aliphatic carbocycles. The van der Waals surface area contributed by atoms with E-state index >= 15 is 0 Å². The molecule has 0 spiro atoms. The number of nitrogens with zero attached hydrogens (tertiary/aromatic N) is 2. The number of nitrogens with one attached hydrogen (secondary N) is 1. The number of aliphatic carboxylic acids is 1. The van der Waals surface area contributed by atoms with Gasteiger partial charge in [0, 0.05) is 19.8 Å². The van der Waals surface area contributed by atoms with Gasteiger partial charge in [0.1, 0.15) is 6.04 Å². The molecule has 18 heavy (non-hydrogen) atoms. The maximum Gasteiger partial charge on any atom is 0.326 e. The number of rotatable bonds is 5. The Labute approximate surface area is 105 Å². The molecular weight excluding hydrogens is 230 g/mol. The van der Waals surface area contributed by atoms with E-state index in [9.17, 15) is 9.90 Å². The minimum atomic E-state index is -0.908. The van der Waals surface area contributed by atoms with Gasteiger partial charge in [0.15, 0.2) is 0 Å². The molecule has 0 unspecified atom stereocenters. The fourth-order valence-electron chi connectivity index (χ4n) is 1.80. The molecule has 0 radical (unpaired) electrons. The minimum Gasteiger partial charge on any atom is -0.480 e. The zero-order valence-corrected chi connectivity index (χ0v) is 10.1. The van der Waals surface area contributed by atoms with Crippen LogP contribution in [0.15, 0.2) is 42.6 Å². The molecule has 5 nitrogen and oxygen atoms in total. The van der Waals surface area contributed by atoms with Gasteiger partial charge in [0.2, 0.25) is 0 Å². The fraction of sp³-hybridized carbons (Fsp3) is 0.231. The molecule has 94 valence electrons. The van der Waals surface area contributed by atoms with Crippen molar-refractivity contribution in [2.45, 2.75) is 12.6 Å². The quantitative estimate of drug-likeness (QED) is 0.834. The van der Waals surface area contributed by atoms with E-state index in [2.05, 4.69) is 10.4 Å². The maximum atomic E-state index is 11.3. The van der Waals surface area contributed by atoms with Crippen LogP contribution >= 0.6 is 0 Å². The number of hydrogen-bond acceptors (Lipinski definition) is 3. The molecule has 0 aliphatic heterocycles. The van der Waals surface area contributed by atoms with E-state index in [1.165, 1.54) is 0 Å². The molecule has 0 aliphatic rings. The SMILES string of the molecule is Cn1nccc1[C@@H](NCc1ccccc1)C(=O)O. The Hall–Kier alpha value is -2.14. The van der Waals surface area contributed by atoms with Crippen molar-refractivity contribution in [3.05, 3.63) is 53.9 Å². The zero-order valence-electron chi connectivity index (χ0n) is 10.1. The van der Waals surface area contributed by atoms with E-state index in [-0.39, 0.29) is 0 Å². The summed E-state index contributed by atoms with van der Waals surface area (Å²) < 4.78 is 1.57.